The molecule has 5 heteroatoms. The molecular formula is C14H14N2O3. The maximum absolute atomic E-state index is 11.7. The van der Waals surface area contributed by atoms with Crippen molar-refractivity contribution in [1.82, 2.24) is 4.98 Å². The monoisotopic (exact) mass is 258 g/mol. The van der Waals surface area contributed by atoms with Crippen molar-refractivity contribution in [2.45, 2.75) is 13.2 Å². The van der Waals surface area contributed by atoms with Gasteiger partial charge in [-0.05, 0) is 18.2 Å². The fourth-order valence-electron chi connectivity index (χ4n) is 1.52. The molecule has 98 valence electrons. The third kappa shape index (κ3) is 3.87. The molecule has 0 aliphatic carbocycles. The van der Waals surface area contributed by atoms with Crippen LogP contribution in [-0.4, -0.2) is 11.0 Å². The molecule has 1 aromatic carbocycles. The van der Waals surface area contributed by atoms with E-state index < -0.39 is 0 Å². The number of carbonyl (C=O) groups is 1. The van der Waals surface area contributed by atoms with Gasteiger partial charge in [-0.1, -0.05) is 24.3 Å². The largest absolute Gasteiger partial charge is 0.457 e. The van der Waals surface area contributed by atoms with E-state index in [1.807, 2.05) is 12.1 Å². The quantitative estimate of drug-likeness (QED) is 0.654. The van der Waals surface area contributed by atoms with Crippen molar-refractivity contribution in [1.29, 1.82) is 0 Å². The number of esters is 1. The van der Waals surface area contributed by atoms with Crippen LogP contribution < -0.4 is 5.90 Å². The van der Waals surface area contributed by atoms with Gasteiger partial charge < -0.3 is 4.74 Å². The molecule has 0 amide bonds. The number of aromatic nitrogens is 1. The number of carbonyl (C=O) groups excluding carboxylic acids is 1. The van der Waals surface area contributed by atoms with E-state index >= 15 is 0 Å². The normalized spacial score (nSPS) is 10.2. The zero-order valence-electron chi connectivity index (χ0n) is 10.3. The van der Waals surface area contributed by atoms with Gasteiger partial charge in [0.2, 0.25) is 0 Å². The summed E-state index contributed by atoms with van der Waals surface area (Å²) in [5.74, 6) is 4.60. The minimum atomic E-state index is -0.352. The van der Waals surface area contributed by atoms with E-state index in [0.29, 0.717) is 5.56 Å². The molecule has 0 saturated heterocycles. The first kappa shape index (κ1) is 13.2. The Morgan fingerprint density at radius 1 is 1.11 bits per heavy atom. The molecule has 0 atom stereocenters. The molecule has 0 unspecified atom stereocenters. The smallest absolute Gasteiger partial charge is 0.338 e. The molecule has 19 heavy (non-hydrogen) atoms. The van der Waals surface area contributed by atoms with E-state index in [1.54, 1.807) is 36.5 Å². The number of nitrogens with two attached hydrogens (primary N) is 1. The van der Waals surface area contributed by atoms with E-state index in [1.165, 1.54) is 0 Å². The van der Waals surface area contributed by atoms with Gasteiger partial charge in [0, 0.05) is 11.8 Å². The van der Waals surface area contributed by atoms with Crippen molar-refractivity contribution in [3.8, 4) is 0 Å². The van der Waals surface area contributed by atoms with Crippen LogP contribution in [0.25, 0.3) is 0 Å². The van der Waals surface area contributed by atoms with E-state index in [0.717, 1.165) is 11.3 Å². The highest BCUT2D eigenvalue weighted by Gasteiger charge is 2.06. The molecule has 0 spiro atoms. The minimum Gasteiger partial charge on any atom is -0.457 e. The SMILES string of the molecule is NOCc1ccc(COC(=O)c2ccccc2)cn1. The third-order valence-electron chi connectivity index (χ3n) is 2.50. The summed E-state index contributed by atoms with van der Waals surface area (Å²) >= 11 is 0. The Morgan fingerprint density at radius 2 is 1.89 bits per heavy atom. The summed E-state index contributed by atoms with van der Waals surface area (Å²) in [7, 11) is 0. The van der Waals surface area contributed by atoms with Gasteiger partial charge in [-0.3, -0.25) is 9.82 Å². The number of benzene rings is 1. The number of hydrogen-bond donors (Lipinski definition) is 1. The predicted molar refractivity (Wildman–Crippen MR) is 68.8 cm³/mol. The Labute approximate surface area is 110 Å². The Kier molecular flexibility index (Phi) is 4.60. The van der Waals surface area contributed by atoms with Crippen LogP contribution in [0, 0.1) is 0 Å². The van der Waals surface area contributed by atoms with Crippen LogP contribution in [0.5, 0.6) is 0 Å². The first-order valence-corrected chi connectivity index (χ1v) is 5.77. The molecule has 2 rings (SSSR count). The summed E-state index contributed by atoms with van der Waals surface area (Å²) in [6.45, 7) is 0.439. The Balaban J connectivity index is 1.90. The van der Waals surface area contributed by atoms with Crippen LogP contribution >= 0.6 is 0 Å². The average molecular weight is 258 g/mol. The second-order valence-corrected chi connectivity index (χ2v) is 3.91. The summed E-state index contributed by atoms with van der Waals surface area (Å²) in [5.41, 5.74) is 2.06. The van der Waals surface area contributed by atoms with Gasteiger partial charge >= 0.3 is 5.97 Å². The van der Waals surface area contributed by atoms with Gasteiger partial charge in [-0.2, -0.15) is 0 Å². The molecule has 2 N–H and O–H groups in total. The topological polar surface area (TPSA) is 74.4 Å². The molecular weight excluding hydrogens is 244 g/mol. The number of hydrogen-bond acceptors (Lipinski definition) is 5. The molecule has 0 aliphatic heterocycles. The summed E-state index contributed by atoms with van der Waals surface area (Å²) < 4.78 is 5.18. The number of nitrogens with zero attached hydrogens (tertiary/aromatic N) is 1. The van der Waals surface area contributed by atoms with Crippen LogP contribution in [0.2, 0.25) is 0 Å². The van der Waals surface area contributed by atoms with Crippen molar-refractivity contribution in [2.24, 2.45) is 5.90 Å². The van der Waals surface area contributed by atoms with Crippen LogP contribution in [0.15, 0.2) is 48.7 Å². The summed E-state index contributed by atoms with van der Waals surface area (Å²) in [4.78, 5) is 20.3. The lowest BCUT2D eigenvalue weighted by Gasteiger charge is -2.05. The summed E-state index contributed by atoms with van der Waals surface area (Å²) in [5, 5.41) is 0. The van der Waals surface area contributed by atoms with Gasteiger partial charge in [0.25, 0.3) is 0 Å². The maximum Gasteiger partial charge on any atom is 0.338 e. The standard InChI is InChI=1S/C14H14N2O3/c15-19-10-13-7-6-11(8-16-13)9-18-14(17)12-4-2-1-3-5-12/h1-8H,9-10,15H2. The van der Waals surface area contributed by atoms with Gasteiger partial charge in [0.1, 0.15) is 13.2 Å². The van der Waals surface area contributed by atoms with Crippen molar-refractivity contribution in [3.63, 3.8) is 0 Å². The van der Waals surface area contributed by atoms with Crippen molar-refractivity contribution < 1.29 is 14.4 Å². The van der Waals surface area contributed by atoms with Crippen molar-refractivity contribution in [3.05, 3.63) is 65.5 Å². The van der Waals surface area contributed by atoms with Crippen molar-refractivity contribution >= 4 is 5.97 Å². The van der Waals surface area contributed by atoms with Gasteiger partial charge in [0.15, 0.2) is 0 Å². The highest BCUT2D eigenvalue weighted by molar-refractivity contribution is 5.89. The second-order valence-electron chi connectivity index (χ2n) is 3.91. The lowest BCUT2D eigenvalue weighted by atomic mass is 10.2. The first-order valence-electron chi connectivity index (χ1n) is 5.77. The lowest BCUT2D eigenvalue weighted by Crippen LogP contribution is -2.06. The van der Waals surface area contributed by atoms with Gasteiger partial charge in [-0.25, -0.2) is 10.7 Å². The van der Waals surface area contributed by atoms with E-state index in [2.05, 4.69) is 9.82 Å². The maximum atomic E-state index is 11.7. The number of pyridine rings is 1. The summed E-state index contributed by atoms with van der Waals surface area (Å²) in [6.07, 6.45) is 1.63. The van der Waals surface area contributed by atoms with E-state index in [-0.39, 0.29) is 19.2 Å². The molecule has 0 saturated carbocycles. The third-order valence-corrected chi connectivity index (χ3v) is 2.50. The highest BCUT2D eigenvalue weighted by atomic mass is 16.6. The van der Waals surface area contributed by atoms with Crippen LogP contribution in [-0.2, 0) is 22.8 Å². The van der Waals surface area contributed by atoms with Crippen LogP contribution in [0.4, 0.5) is 0 Å². The van der Waals surface area contributed by atoms with E-state index in [9.17, 15) is 4.79 Å². The van der Waals surface area contributed by atoms with Gasteiger partial charge in [-0.15, -0.1) is 0 Å². The highest BCUT2D eigenvalue weighted by Crippen LogP contribution is 2.06. The molecule has 1 heterocycles. The molecule has 5 nitrogen and oxygen atoms in total. The first-order chi connectivity index (χ1) is 9.29. The summed E-state index contributed by atoms with van der Waals surface area (Å²) in [6, 6.07) is 12.4. The fourth-order valence-corrected chi connectivity index (χ4v) is 1.52. The van der Waals surface area contributed by atoms with Gasteiger partial charge in [0.05, 0.1) is 11.3 Å². The van der Waals surface area contributed by atoms with Crippen LogP contribution in [0.1, 0.15) is 21.6 Å². The van der Waals surface area contributed by atoms with Crippen molar-refractivity contribution in [2.75, 3.05) is 0 Å². The predicted octanol–water partition coefficient (Wildman–Crippen LogP) is 1.83. The Hall–Kier alpha value is -2.24. The zero-order valence-corrected chi connectivity index (χ0v) is 10.3. The molecule has 0 radical (unpaired) electrons. The van der Waals surface area contributed by atoms with E-state index in [4.69, 9.17) is 10.6 Å². The molecule has 0 aliphatic rings. The molecule has 0 fully saturated rings. The molecule has 2 aromatic rings. The minimum absolute atomic E-state index is 0.185. The Bertz CT molecular complexity index is 526. The Morgan fingerprint density at radius 3 is 2.53 bits per heavy atom. The lowest BCUT2D eigenvalue weighted by molar-refractivity contribution is 0.0472. The average Bonchev–Trinajstić information content (AvgIpc) is 2.47. The molecule has 1 aromatic heterocycles. The molecule has 0 bridgehead atoms. The number of rotatable bonds is 5. The second kappa shape index (κ2) is 6.63. The fraction of sp³-hybridized carbons (Fsp3) is 0.143. The number of ether oxygens (including phenoxy) is 1. The van der Waals surface area contributed by atoms with Crippen LogP contribution in [0.3, 0.4) is 0 Å². The zero-order chi connectivity index (χ0) is 13.5.